The average molecular weight is 782 g/mol. The lowest BCUT2D eigenvalue weighted by atomic mass is 10.0. The van der Waals surface area contributed by atoms with E-state index in [1.807, 2.05) is 6.08 Å². The van der Waals surface area contributed by atoms with Crippen LogP contribution < -0.4 is 5.32 Å². The van der Waals surface area contributed by atoms with Crippen molar-refractivity contribution in [2.45, 2.75) is 257 Å². The van der Waals surface area contributed by atoms with Crippen LogP contribution in [0.2, 0.25) is 0 Å². The minimum absolute atomic E-state index is 0.0807. The predicted molar refractivity (Wildman–Crippen MR) is 248 cm³/mol. The van der Waals surface area contributed by atoms with Gasteiger partial charge in [0.2, 0.25) is 5.91 Å². The first-order valence-corrected chi connectivity index (χ1v) is 24.5. The SMILES string of the molecule is CCCCCCCCC/C=C/CC/C=C/CC/C=C/C(O)C(CO)NC(=O)CCCCCCCCCCCCC/C=C\C/C=C\CCCCCCCCCCC. The topological polar surface area (TPSA) is 69.6 Å². The Hall–Kier alpha value is -1.91. The van der Waals surface area contributed by atoms with E-state index in [0.717, 1.165) is 44.9 Å². The summed E-state index contributed by atoms with van der Waals surface area (Å²) in [6, 6.07) is -0.648. The molecule has 0 spiro atoms. The lowest BCUT2D eigenvalue weighted by molar-refractivity contribution is -0.123. The summed E-state index contributed by atoms with van der Waals surface area (Å²) < 4.78 is 0. The highest BCUT2D eigenvalue weighted by Gasteiger charge is 2.17. The van der Waals surface area contributed by atoms with E-state index in [-0.39, 0.29) is 12.5 Å². The molecular weight excluding hydrogens is 687 g/mol. The molecule has 0 bridgehead atoms. The van der Waals surface area contributed by atoms with Gasteiger partial charge >= 0.3 is 0 Å². The van der Waals surface area contributed by atoms with Crippen molar-refractivity contribution in [3.8, 4) is 0 Å². The number of rotatable bonds is 44. The summed E-state index contributed by atoms with van der Waals surface area (Å²) in [6.45, 7) is 4.29. The first-order valence-electron chi connectivity index (χ1n) is 24.5. The Labute approximate surface area is 349 Å². The number of nitrogens with one attached hydrogen (secondary N) is 1. The van der Waals surface area contributed by atoms with Crippen molar-refractivity contribution in [3.63, 3.8) is 0 Å². The van der Waals surface area contributed by atoms with Crippen LogP contribution in [0.15, 0.2) is 60.8 Å². The van der Waals surface area contributed by atoms with Gasteiger partial charge in [-0.05, 0) is 77.0 Å². The molecule has 0 aliphatic carbocycles. The molecule has 0 aliphatic heterocycles. The van der Waals surface area contributed by atoms with Crippen molar-refractivity contribution in [2.24, 2.45) is 0 Å². The molecule has 0 rings (SSSR count). The third-order valence-corrected chi connectivity index (χ3v) is 11.0. The molecule has 0 heterocycles. The van der Waals surface area contributed by atoms with Crippen LogP contribution in [0.3, 0.4) is 0 Å². The van der Waals surface area contributed by atoms with Gasteiger partial charge in [0.25, 0.3) is 0 Å². The minimum atomic E-state index is -0.873. The predicted octanol–water partition coefficient (Wildman–Crippen LogP) is 15.7. The highest BCUT2D eigenvalue weighted by Crippen LogP contribution is 2.14. The number of hydrogen-bond donors (Lipinski definition) is 3. The van der Waals surface area contributed by atoms with Gasteiger partial charge in [-0.15, -0.1) is 0 Å². The van der Waals surface area contributed by atoms with Crippen LogP contribution in [0.4, 0.5) is 0 Å². The first-order chi connectivity index (χ1) is 27.7. The number of carbonyl (C=O) groups is 1. The number of aliphatic hydroxyl groups excluding tert-OH is 2. The third-order valence-electron chi connectivity index (χ3n) is 11.0. The molecule has 3 N–H and O–H groups in total. The molecule has 326 valence electrons. The van der Waals surface area contributed by atoms with E-state index in [4.69, 9.17) is 0 Å². The van der Waals surface area contributed by atoms with E-state index >= 15 is 0 Å². The van der Waals surface area contributed by atoms with Gasteiger partial charge in [0.1, 0.15) is 0 Å². The quantitative estimate of drug-likeness (QED) is 0.0426. The molecule has 0 saturated heterocycles. The summed E-state index contributed by atoms with van der Waals surface area (Å²) in [6.07, 6.45) is 66.3. The van der Waals surface area contributed by atoms with Gasteiger partial charge in [-0.1, -0.05) is 222 Å². The molecule has 2 unspecified atom stereocenters. The first kappa shape index (κ1) is 54.1. The van der Waals surface area contributed by atoms with Crippen LogP contribution in [0.1, 0.15) is 245 Å². The minimum Gasteiger partial charge on any atom is -0.394 e. The fourth-order valence-corrected chi connectivity index (χ4v) is 7.18. The van der Waals surface area contributed by atoms with Crippen LogP contribution in [0.5, 0.6) is 0 Å². The molecule has 0 radical (unpaired) electrons. The molecule has 0 aromatic rings. The molecule has 1 amide bonds. The molecule has 0 aromatic carbocycles. The zero-order valence-corrected chi connectivity index (χ0v) is 37.4. The lowest BCUT2D eigenvalue weighted by Crippen LogP contribution is -2.45. The molecule has 4 nitrogen and oxygen atoms in total. The Morgan fingerprint density at radius 3 is 1.14 bits per heavy atom. The number of hydrogen-bond acceptors (Lipinski definition) is 3. The molecular formula is C52H95NO3. The number of aliphatic hydroxyl groups is 2. The van der Waals surface area contributed by atoms with Crippen molar-refractivity contribution in [3.05, 3.63) is 60.8 Å². The van der Waals surface area contributed by atoms with E-state index in [1.54, 1.807) is 6.08 Å². The third kappa shape index (κ3) is 43.2. The van der Waals surface area contributed by atoms with Crippen molar-refractivity contribution >= 4 is 5.91 Å². The average Bonchev–Trinajstić information content (AvgIpc) is 3.20. The van der Waals surface area contributed by atoms with E-state index in [0.29, 0.717) is 6.42 Å². The summed E-state index contributed by atoms with van der Waals surface area (Å²) in [5.41, 5.74) is 0. The highest BCUT2D eigenvalue weighted by atomic mass is 16.3. The van der Waals surface area contributed by atoms with Crippen LogP contribution >= 0.6 is 0 Å². The van der Waals surface area contributed by atoms with Crippen LogP contribution in [0, 0.1) is 0 Å². The smallest absolute Gasteiger partial charge is 0.220 e. The van der Waals surface area contributed by atoms with Gasteiger partial charge < -0.3 is 15.5 Å². The molecule has 0 aliphatic rings. The highest BCUT2D eigenvalue weighted by molar-refractivity contribution is 5.76. The largest absolute Gasteiger partial charge is 0.394 e. The van der Waals surface area contributed by atoms with Crippen LogP contribution in [0.25, 0.3) is 0 Å². The summed E-state index contributed by atoms with van der Waals surface area (Å²) in [7, 11) is 0. The second-order valence-electron chi connectivity index (χ2n) is 16.5. The summed E-state index contributed by atoms with van der Waals surface area (Å²) in [4.78, 5) is 12.4. The monoisotopic (exact) mass is 782 g/mol. The number of carbonyl (C=O) groups excluding carboxylic acids is 1. The zero-order chi connectivity index (χ0) is 40.7. The van der Waals surface area contributed by atoms with Gasteiger partial charge in [-0.3, -0.25) is 4.79 Å². The molecule has 2 atom stereocenters. The molecule has 0 fully saturated rings. The second-order valence-corrected chi connectivity index (χ2v) is 16.5. The maximum absolute atomic E-state index is 12.4. The van der Waals surface area contributed by atoms with Gasteiger partial charge in [0.15, 0.2) is 0 Å². The van der Waals surface area contributed by atoms with E-state index in [1.165, 1.54) is 180 Å². The molecule has 4 heteroatoms. The zero-order valence-electron chi connectivity index (χ0n) is 37.4. The van der Waals surface area contributed by atoms with Crippen LogP contribution in [-0.2, 0) is 4.79 Å². The van der Waals surface area contributed by atoms with Crippen molar-refractivity contribution in [1.29, 1.82) is 0 Å². The Morgan fingerprint density at radius 1 is 0.429 bits per heavy atom. The van der Waals surface area contributed by atoms with E-state index in [9.17, 15) is 15.0 Å². The Morgan fingerprint density at radius 2 is 0.750 bits per heavy atom. The van der Waals surface area contributed by atoms with Crippen molar-refractivity contribution in [2.75, 3.05) is 6.61 Å². The summed E-state index contributed by atoms with van der Waals surface area (Å²) in [5, 5.41) is 23.0. The Bertz CT molecular complexity index is 934. The Kier molecular flexibility index (Phi) is 45.8. The maximum Gasteiger partial charge on any atom is 0.220 e. The van der Waals surface area contributed by atoms with Gasteiger partial charge in [-0.25, -0.2) is 0 Å². The molecule has 0 aromatic heterocycles. The fourth-order valence-electron chi connectivity index (χ4n) is 7.18. The van der Waals surface area contributed by atoms with Gasteiger partial charge in [0, 0.05) is 6.42 Å². The van der Waals surface area contributed by atoms with E-state index < -0.39 is 12.1 Å². The number of amides is 1. The number of allylic oxidation sites excluding steroid dienone is 9. The lowest BCUT2D eigenvalue weighted by Gasteiger charge is -2.19. The van der Waals surface area contributed by atoms with Crippen molar-refractivity contribution in [1.82, 2.24) is 5.32 Å². The Balaban J connectivity index is 3.59. The number of unbranched alkanes of at least 4 members (excludes halogenated alkanes) is 29. The summed E-state index contributed by atoms with van der Waals surface area (Å²) >= 11 is 0. The molecule has 0 saturated carbocycles. The maximum atomic E-state index is 12.4. The van der Waals surface area contributed by atoms with Crippen LogP contribution in [-0.4, -0.2) is 34.9 Å². The van der Waals surface area contributed by atoms with E-state index in [2.05, 4.69) is 67.8 Å². The van der Waals surface area contributed by atoms with Gasteiger partial charge in [0.05, 0.1) is 18.8 Å². The second kappa shape index (κ2) is 47.5. The van der Waals surface area contributed by atoms with Crippen molar-refractivity contribution < 1.29 is 15.0 Å². The fraction of sp³-hybridized carbons (Fsp3) is 0.788. The van der Waals surface area contributed by atoms with Gasteiger partial charge in [-0.2, -0.15) is 0 Å². The molecule has 56 heavy (non-hydrogen) atoms. The normalized spacial score (nSPS) is 13.4. The summed E-state index contributed by atoms with van der Waals surface area (Å²) in [5.74, 6) is -0.0807. The standard InChI is InChI=1S/C52H95NO3/c1-3-5-7-9-11-13-15-17-19-21-22-23-24-25-26-27-28-29-30-32-34-36-38-40-42-44-46-48-52(56)53-50(49-54)51(55)47-45-43-41-39-37-35-33-31-20-18-16-14-12-10-8-6-4-2/h20,22-23,25-26,31,37,39,45,47,50-51,54-55H,3-19,21,24,27-30,32-36,38,40-44,46,48-49H2,1-2H3,(H,53,56)/b23-22-,26-25-,31-20+,39-37+,47-45+.